The average molecular weight is 219 g/mol. The molecule has 5 heteroatoms. The predicted molar refractivity (Wildman–Crippen MR) is 60.4 cm³/mol. The van der Waals surface area contributed by atoms with Crippen LogP contribution in [0.15, 0.2) is 18.2 Å². The number of anilines is 2. The summed E-state index contributed by atoms with van der Waals surface area (Å²) >= 11 is 0. The number of nitriles is 1. The van der Waals surface area contributed by atoms with E-state index in [1.54, 1.807) is 13.0 Å². The second kappa shape index (κ2) is 5.03. The minimum atomic E-state index is -0.741. The van der Waals surface area contributed by atoms with E-state index in [1.807, 2.05) is 6.07 Å². The molecule has 0 saturated carbocycles. The molecule has 0 radical (unpaired) electrons. The number of nitrogen functional groups attached to an aromatic ring is 2. The van der Waals surface area contributed by atoms with E-state index in [0.29, 0.717) is 17.8 Å². The molecule has 16 heavy (non-hydrogen) atoms. The second-order valence-corrected chi connectivity index (χ2v) is 3.32. The highest BCUT2D eigenvalue weighted by Gasteiger charge is 2.14. The van der Waals surface area contributed by atoms with Crippen LogP contribution in [0.4, 0.5) is 11.4 Å². The van der Waals surface area contributed by atoms with Crippen LogP contribution < -0.4 is 11.5 Å². The van der Waals surface area contributed by atoms with Crippen molar-refractivity contribution in [3.05, 3.63) is 23.8 Å². The fraction of sp³-hybridized carbons (Fsp3) is 0.273. The average Bonchev–Trinajstić information content (AvgIpc) is 2.24. The van der Waals surface area contributed by atoms with Crippen LogP contribution >= 0.6 is 0 Å². The van der Waals surface area contributed by atoms with Gasteiger partial charge in [-0.2, -0.15) is 5.26 Å². The molecule has 0 heterocycles. The summed E-state index contributed by atoms with van der Waals surface area (Å²) in [6.07, 6.45) is -0.296. The summed E-state index contributed by atoms with van der Waals surface area (Å²) in [7, 11) is 0. The molecule has 4 N–H and O–H groups in total. The first-order valence-electron chi connectivity index (χ1n) is 4.83. The summed E-state index contributed by atoms with van der Waals surface area (Å²) in [6, 6.07) is 6.34. The Labute approximate surface area is 93.6 Å². The van der Waals surface area contributed by atoms with Gasteiger partial charge in [0.15, 0.2) is 6.10 Å². The number of hydrogen-bond acceptors (Lipinski definition) is 5. The van der Waals surface area contributed by atoms with Crippen molar-refractivity contribution in [2.75, 3.05) is 11.5 Å². The van der Waals surface area contributed by atoms with E-state index in [0.717, 1.165) is 0 Å². The van der Waals surface area contributed by atoms with Gasteiger partial charge in [-0.05, 0) is 24.6 Å². The molecular weight excluding hydrogens is 206 g/mol. The first-order valence-corrected chi connectivity index (χ1v) is 4.83. The highest BCUT2D eigenvalue weighted by Crippen LogP contribution is 2.15. The highest BCUT2D eigenvalue weighted by atomic mass is 16.5. The maximum atomic E-state index is 11.6. The van der Waals surface area contributed by atoms with Gasteiger partial charge in [-0.15, -0.1) is 0 Å². The Morgan fingerprint density at radius 1 is 1.44 bits per heavy atom. The molecule has 84 valence electrons. The monoisotopic (exact) mass is 219 g/mol. The zero-order chi connectivity index (χ0) is 12.1. The second-order valence-electron chi connectivity index (χ2n) is 3.32. The van der Waals surface area contributed by atoms with Crippen molar-refractivity contribution in [2.24, 2.45) is 0 Å². The third kappa shape index (κ3) is 2.89. The number of nitrogens with two attached hydrogens (primary N) is 2. The van der Waals surface area contributed by atoms with Crippen molar-refractivity contribution in [1.29, 1.82) is 5.26 Å². The quantitative estimate of drug-likeness (QED) is 0.589. The molecule has 1 aromatic carbocycles. The van der Waals surface area contributed by atoms with E-state index >= 15 is 0 Å². The highest BCUT2D eigenvalue weighted by molar-refractivity contribution is 5.92. The summed E-state index contributed by atoms with van der Waals surface area (Å²) in [5.74, 6) is -0.590. The molecule has 1 aromatic rings. The number of ether oxygens (including phenoxy) is 1. The zero-order valence-electron chi connectivity index (χ0n) is 8.93. The molecule has 1 rings (SSSR count). The van der Waals surface area contributed by atoms with Crippen LogP contribution in [-0.2, 0) is 4.74 Å². The molecule has 0 aliphatic carbocycles. The van der Waals surface area contributed by atoms with E-state index in [9.17, 15) is 4.79 Å². The van der Waals surface area contributed by atoms with Gasteiger partial charge in [-0.25, -0.2) is 4.79 Å². The largest absolute Gasteiger partial charge is 0.443 e. The number of nitrogens with zero attached hydrogens (tertiary/aromatic N) is 1. The smallest absolute Gasteiger partial charge is 0.339 e. The number of benzene rings is 1. The van der Waals surface area contributed by atoms with Crippen molar-refractivity contribution < 1.29 is 9.53 Å². The van der Waals surface area contributed by atoms with Crippen molar-refractivity contribution in [3.8, 4) is 6.07 Å². The number of carbonyl (C=O) groups is 1. The van der Waals surface area contributed by atoms with E-state index in [4.69, 9.17) is 21.5 Å². The number of hydrogen-bond donors (Lipinski definition) is 2. The van der Waals surface area contributed by atoms with Gasteiger partial charge in [0.1, 0.15) is 6.07 Å². The zero-order valence-corrected chi connectivity index (χ0v) is 8.93. The van der Waals surface area contributed by atoms with Crippen LogP contribution in [0.25, 0.3) is 0 Å². The first-order chi connectivity index (χ1) is 7.56. The molecule has 5 nitrogen and oxygen atoms in total. The molecule has 0 aliphatic heterocycles. The maximum Gasteiger partial charge on any atom is 0.339 e. The molecule has 1 unspecified atom stereocenters. The van der Waals surface area contributed by atoms with Gasteiger partial charge in [0, 0.05) is 11.4 Å². The molecule has 0 aromatic heterocycles. The Kier molecular flexibility index (Phi) is 3.72. The van der Waals surface area contributed by atoms with Crippen molar-refractivity contribution in [3.63, 3.8) is 0 Å². The Morgan fingerprint density at radius 3 is 2.44 bits per heavy atom. The molecule has 0 spiro atoms. The lowest BCUT2D eigenvalue weighted by atomic mass is 10.2. The van der Waals surface area contributed by atoms with E-state index in [1.165, 1.54) is 12.1 Å². The third-order valence-corrected chi connectivity index (χ3v) is 1.98. The van der Waals surface area contributed by atoms with E-state index in [-0.39, 0.29) is 5.56 Å². The lowest BCUT2D eigenvalue weighted by molar-refractivity contribution is 0.0401. The number of rotatable bonds is 3. The van der Waals surface area contributed by atoms with Crippen LogP contribution in [0.1, 0.15) is 23.7 Å². The summed E-state index contributed by atoms with van der Waals surface area (Å²) in [6.45, 7) is 1.76. The van der Waals surface area contributed by atoms with E-state index in [2.05, 4.69) is 0 Å². The van der Waals surface area contributed by atoms with Crippen LogP contribution in [0.3, 0.4) is 0 Å². The number of carbonyl (C=O) groups excluding carboxylic acids is 1. The van der Waals surface area contributed by atoms with Crippen LogP contribution in [0, 0.1) is 11.3 Å². The molecule has 0 bridgehead atoms. The van der Waals surface area contributed by atoms with E-state index < -0.39 is 12.1 Å². The maximum absolute atomic E-state index is 11.6. The Bertz CT molecular complexity index is 417. The molecule has 1 atom stereocenters. The Balaban J connectivity index is 2.85. The minimum Gasteiger partial charge on any atom is -0.443 e. The van der Waals surface area contributed by atoms with Gasteiger partial charge in [-0.3, -0.25) is 0 Å². The van der Waals surface area contributed by atoms with Gasteiger partial charge in [0.25, 0.3) is 0 Å². The first kappa shape index (κ1) is 11.9. The summed E-state index contributed by atoms with van der Waals surface area (Å²) in [5.41, 5.74) is 12.1. The van der Waals surface area contributed by atoms with Gasteiger partial charge >= 0.3 is 5.97 Å². The standard InChI is InChI=1S/C11H13N3O2/c1-2-10(6-12)16-11(15)7-3-8(13)5-9(14)4-7/h3-5,10H,2,13-14H2,1H3. The molecular formula is C11H13N3O2. The summed E-state index contributed by atoms with van der Waals surface area (Å²) in [5, 5.41) is 8.65. The third-order valence-electron chi connectivity index (χ3n) is 1.98. The number of esters is 1. The molecule has 0 saturated heterocycles. The minimum absolute atomic E-state index is 0.256. The molecule has 0 amide bonds. The topological polar surface area (TPSA) is 102 Å². The predicted octanol–water partition coefficient (Wildman–Crippen LogP) is 1.31. The van der Waals surface area contributed by atoms with Gasteiger partial charge in [-0.1, -0.05) is 6.92 Å². The van der Waals surface area contributed by atoms with Crippen LogP contribution in [-0.4, -0.2) is 12.1 Å². The summed E-state index contributed by atoms with van der Waals surface area (Å²) in [4.78, 5) is 11.6. The lowest BCUT2D eigenvalue weighted by Crippen LogP contribution is -2.16. The van der Waals surface area contributed by atoms with Crippen LogP contribution in [0.2, 0.25) is 0 Å². The summed E-state index contributed by atoms with van der Waals surface area (Å²) < 4.78 is 4.93. The Hall–Kier alpha value is -2.22. The van der Waals surface area contributed by atoms with Crippen molar-refractivity contribution in [2.45, 2.75) is 19.4 Å². The van der Waals surface area contributed by atoms with Gasteiger partial charge in [0.2, 0.25) is 0 Å². The van der Waals surface area contributed by atoms with Crippen molar-refractivity contribution in [1.82, 2.24) is 0 Å². The SMILES string of the molecule is CCC(C#N)OC(=O)c1cc(N)cc(N)c1. The fourth-order valence-corrected chi connectivity index (χ4v) is 1.19. The Morgan fingerprint density at radius 2 is 2.00 bits per heavy atom. The lowest BCUT2D eigenvalue weighted by Gasteiger charge is -2.09. The van der Waals surface area contributed by atoms with Crippen molar-refractivity contribution >= 4 is 17.3 Å². The van der Waals surface area contributed by atoms with Gasteiger partial charge < -0.3 is 16.2 Å². The molecule has 0 fully saturated rings. The van der Waals surface area contributed by atoms with Crippen LogP contribution in [0.5, 0.6) is 0 Å². The fourth-order valence-electron chi connectivity index (χ4n) is 1.19. The normalized spacial score (nSPS) is 11.5. The van der Waals surface area contributed by atoms with Gasteiger partial charge in [0.05, 0.1) is 5.56 Å². The molecule has 0 aliphatic rings.